The Hall–Kier alpha value is -2.35. The first-order valence-electron chi connectivity index (χ1n) is 8.88. The molecular weight excluding hydrogens is 431 g/mol. The van der Waals surface area contributed by atoms with Crippen molar-refractivity contribution >= 4 is 46.6 Å². The van der Waals surface area contributed by atoms with Crippen molar-refractivity contribution in [1.82, 2.24) is 10.1 Å². The van der Waals surface area contributed by atoms with Crippen LogP contribution >= 0.6 is 35.0 Å². The zero-order valence-electron chi connectivity index (χ0n) is 15.6. The Morgan fingerprint density at radius 1 is 1.24 bits per heavy atom. The number of halogens is 2. The zero-order chi connectivity index (χ0) is 20.7. The topological polar surface area (TPSA) is 73.0 Å². The Kier molecular flexibility index (Phi) is 5.38. The minimum atomic E-state index is -0.764. The molecule has 0 aliphatic carbocycles. The molecule has 1 amide bonds. The molecule has 1 unspecified atom stereocenters. The van der Waals surface area contributed by atoms with E-state index in [-0.39, 0.29) is 12.3 Å². The van der Waals surface area contributed by atoms with Crippen molar-refractivity contribution in [2.45, 2.75) is 24.7 Å². The summed E-state index contributed by atoms with van der Waals surface area (Å²) in [6.07, 6.45) is 1.29. The third kappa shape index (κ3) is 3.23. The van der Waals surface area contributed by atoms with Crippen molar-refractivity contribution in [3.63, 3.8) is 0 Å². The van der Waals surface area contributed by atoms with Gasteiger partial charge in [0.2, 0.25) is 5.91 Å². The fourth-order valence-corrected chi connectivity index (χ4v) is 4.21. The maximum Gasteiger partial charge on any atom is 0.294 e. The van der Waals surface area contributed by atoms with Gasteiger partial charge in [-0.05, 0) is 30.5 Å². The molecule has 148 valence electrons. The number of aromatic nitrogens is 3. The largest absolute Gasteiger partial charge is 0.854 e. The summed E-state index contributed by atoms with van der Waals surface area (Å²) in [7, 11) is 0. The van der Waals surface area contributed by atoms with E-state index in [0.717, 1.165) is 0 Å². The van der Waals surface area contributed by atoms with E-state index in [1.54, 1.807) is 48.4 Å². The number of anilines is 1. The number of benzene rings is 2. The molecule has 6 nitrogen and oxygen atoms in total. The molecule has 4 rings (SSSR count). The highest BCUT2D eigenvalue weighted by Gasteiger charge is 2.45. The molecule has 29 heavy (non-hydrogen) atoms. The highest BCUT2D eigenvalue weighted by Crippen LogP contribution is 2.43. The van der Waals surface area contributed by atoms with Gasteiger partial charge in [-0.2, -0.15) is 0 Å². The van der Waals surface area contributed by atoms with Crippen LogP contribution in [0.4, 0.5) is 5.69 Å². The third-order valence-corrected chi connectivity index (χ3v) is 6.10. The fraction of sp³-hybridized carbons (Fsp3) is 0.200. The molecule has 2 aromatic carbocycles. The van der Waals surface area contributed by atoms with Crippen LogP contribution in [0, 0.1) is 0 Å². The van der Waals surface area contributed by atoms with Gasteiger partial charge in [0, 0.05) is 11.5 Å². The first kappa shape index (κ1) is 19.9. The molecule has 0 fully saturated rings. The second-order valence-corrected chi connectivity index (χ2v) is 7.91. The summed E-state index contributed by atoms with van der Waals surface area (Å²) in [6, 6.07) is 12.4. The molecule has 9 heteroatoms. The number of hydrogen-bond acceptors (Lipinski definition) is 5. The number of fused-ring (bicyclic) bond motifs is 3. The Bertz CT molecular complexity index is 1130. The molecule has 0 N–H and O–H groups in total. The van der Waals surface area contributed by atoms with Crippen LogP contribution in [0.2, 0.25) is 10.0 Å². The Labute approximate surface area is 182 Å². The van der Waals surface area contributed by atoms with Gasteiger partial charge in [-0.3, -0.25) is 4.79 Å². The number of nitrogens with zero attached hydrogens (tertiary/aromatic N) is 4. The number of carbonyl (C=O) groups excluding carboxylic acids is 1. The maximum atomic E-state index is 13.1. The van der Waals surface area contributed by atoms with Gasteiger partial charge in [-0.15, -0.1) is 0 Å². The molecule has 0 radical (unpaired) electrons. The van der Waals surface area contributed by atoms with Crippen molar-refractivity contribution in [3.8, 4) is 17.1 Å². The predicted octanol–water partition coefficient (Wildman–Crippen LogP) is 3.84. The summed E-state index contributed by atoms with van der Waals surface area (Å²) >= 11 is 14.1. The number of para-hydroxylation sites is 1. The number of hydrogen-bond donors (Lipinski definition) is 0. The summed E-state index contributed by atoms with van der Waals surface area (Å²) in [4.78, 5) is 18.8. The van der Waals surface area contributed by atoms with Crippen LogP contribution in [0.25, 0.3) is 11.3 Å². The Balaban J connectivity index is 2.11. The summed E-state index contributed by atoms with van der Waals surface area (Å²) in [6.45, 7) is 1.79. The molecule has 3 aromatic rings. The summed E-state index contributed by atoms with van der Waals surface area (Å²) in [5.74, 6) is -0.544. The van der Waals surface area contributed by atoms with Crippen molar-refractivity contribution in [2.24, 2.45) is 0 Å². The maximum absolute atomic E-state index is 13.1. The Morgan fingerprint density at radius 2 is 2.00 bits per heavy atom. The molecule has 1 aliphatic heterocycles. The normalized spacial score (nSPS) is 15.0. The number of thioether (sulfide) groups is 1. The number of rotatable bonds is 3. The van der Waals surface area contributed by atoms with Crippen LogP contribution < -0.4 is 14.7 Å². The lowest BCUT2D eigenvalue weighted by atomic mass is 10.0. The minimum Gasteiger partial charge on any atom is -0.854 e. The minimum absolute atomic E-state index is 0.131. The van der Waals surface area contributed by atoms with Gasteiger partial charge < -0.3 is 5.11 Å². The number of carbonyl (C=O) groups is 1. The smallest absolute Gasteiger partial charge is 0.294 e. The molecule has 1 aliphatic rings. The lowest BCUT2D eigenvalue weighted by Crippen LogP contribution is -2.59. The highest BCUT2D eigenvalue weighted by atomic mass is 35.5. The van der Waals surface area contributed by atoms with Gasteiger partial charge >= 0.3 is 0 Å². The van der Waals surface area contributed by atoms with E-state index >= 15 is 0 Å². The van der Waals surface area contributed by atoms with Crippen LogP contribution in [-0.2, 0) is 4.79 Å². The lowest BCUT2D eigenvalue weighted by Gasteiger charge is -2.33. The first-order chi connectivity index (χ1) is 14.0. The number of amides is 1. The van der Waals surface area contributed by atoms with Crippen molar-refractivity contribution in [3.05, 3.63) is 58.1 Å². The monoisotopic (exact) mass is 446 g/mol. The van der Waals surface area contributed by atoms with Crippen molar-refractivity contribution < 1.29 is 14.6 Å². The van der Waals surface area contributed by atoms with E-state index in [4.69, 9.17) is 23.2 Å². The van der Waals surface area contributed by atoms with E-state index in [2.05, 4.69) is 10.1 Å². The second kappa shape index (κ2) is 7.82. The van der Waals surface area contributed by atoms with Gasteiger partial charge in [0.1, 0.15) is 0 Å². The first-order valence-corrected chi connectivity index (χ1v) is 10.9. The van der Waals surface area contributed by atoms with E-state index in [0.29, 0.717) is 37.7 Å². The standard InChI is InChI=1S/C20H16Cl2N4O2S/c1-3-15(27)25-14-10-5-4-7-11(14)17-18(28)23-20(29-2)24-26(17)19(25)12-8-6-9-13(21)16(12)22/h4-10,19H,3H2,1-2H3. The summed E-state index contributed by atoms with van der Waals surface area (Å²) in [5.41, 5.74) is 2.09. The molecule has 1 atom stereocenters. The van der Waals surface area contributed by atoms with Gasteiger partial charge in [-0.1, -0.05) is 64.8 Å². The zero-order valence-corrected chi connectivity index (χ0v) is 17.9. The average molecular weight is 447 g/mol. The van der Waals surface area contributed by atoms with Crippen molar-refractivity contribution in [1.29, 1.82) is 0 Å². The second-order valence-electron chi connectivity index (χ2n) is 6.35. The molecular formula is C20H16Cl2N4O2S. The van der Waals surface area contributed by atoms with Crippen LogP contribution in [-0.4, -0.2) is 22.2 Å². The Morgan fingerprint density at radius 3 is 2.72 bits per heavy atom. The van der Waals surface area contributed by atoms with Gasteiger partial charge in [0.15, 0.2) is 0 Å². The van der Waals surface area contributed by atoms with Gasteiger partial charge in [-0.25, -0.2) is 9.88 Å². The average Bonchev–Trinajstić information content (AvgIpc) is 2.74. The van der Waals surface area contributed by atoms with E-state index < -0.39 is 12.0 Å². The molecule has 2 heterocycles. The quantitative estimate of drug-likeness (QED) is 0.451. The van der Waals surface area contributed by atoms with E-state index in [9.17, 15) is 9.90 Å². The summed E-state index contributed by atoms with van der Waals surface area (Å²) < 4.78 is 1.54. The van der Waals surface area contributed by atoms with Gasteiger partial charge in [0.25, 0.3) is 17.0 Å². The highest BCUT2D eigenvalue weighted by molar-refractivity contribution is 7.98. The summed E-state index contributed by atoms with van der Waals surface area (Å²) in [5, 5.41) is 18.5. The van der Waals surface area contributed by atoms with Crippen LogP contribution in [0.1, 0.15) is 25.1 Å². The lowest BCUT2D eigenvalue weighted by molar-refractivity contribution is -0.764. The third-order valence-electron chi connectivity index (χ3n) is 4.73. The molecule has 1 aromatic heterocycles. The fourth-order valence-electron chi connectivity index (χ4n) is 3.46. The van der Waals surface area contributed by atoms with Gasteiger partial charge in [0.05, 0.1) is 32.7 Å². The van der Waals surface area contributed by atoms with E-state index in [1.807, 2.05) is 12.1 Å². The molecule has 0 saturated heterocycles. The molecule has 0 saturated carbocycles. The molecule has 0 bridgehead atoms. The molecule has 0 spiro atoms. The van der Waals surface area contributed by atoms with E-state index in [1.165, 1.54) is 16.4 Å². The SMILES string of the molecule is CCC(=O)N1c2ccccc2-c2c([O-])nc(SC)n[n+]2C1c1cccc(Cl)c1Cl. The van der Waals surface area contributed by atoms with Crippen LogP contribution in [0.15, 0.2) is 47.6 Å². The van der Waals surface area contributed by atoms with Crippen LogP contribution in [0.5, 0.6) is 5.88 Å². The van der Waals surface area contributed by atoms with Crippen LogP contribution in [0.3, 0.4) is 0 Å². The van der Waals surface area contributed by atoms with Crippen molar-refractivity contribution in [2.75, 3.05) is 11.2 Å². The predicted molar refractivity (Wildman–Crippen MR) is 111 cm³/mol.